The Morgan fingerprint density at radius 1 is 1.31 bits per heavy atom. The highest BCUT2D eigenvalue weighted by Crippen LogP contribution is 2.17. The summed E-state index contributed by atoms with van der Waals surface area (Å²) in [5.41, 5.74) is 7.79. The van der Waals surface area contributed by atoms with Crippen LogP contribution in [0.4, 0.5) is 5.13 Å². The van der Waals surface area contributed by atoms with Crippen LogP contribution >= 0.6 is 23.7 Å². The van der Waals surface area contributed by atoms with Gasteiger partial charge < -0.3 is 10.5 Å². The van der Waals surface area contributed by atoms with Gasteiger partial charge >= 0.3 is 0 Å². The van der Waals surface area contributed by atoms with Crippen molar-refractivity contribution in [2.24, 2.45) is 0 Å². The molecule has 5 heteroatoms. The molecule has 0 unspecified atom stereocenters. The third kappa shape index (κ3) is 3.12. The van der Waals surface area contributed by atoms with Gasteiger partial charge in [-0.1, -0.05) is 12.1 Å². The van der Waals surface area contributed by atoms with Gasteiger partial charge in [0.2, 0.25) is 0 Å². The minimum atomic E-state index is 0. The zero-order chi connectivity index (χ0) is 10.7. The SMILES string of the molecule is COc1ccc(Cc2csc(N)n2)cc1.Cl. The smallest absolute Gasteiger partial charge is 0.180 e. The van der Waals surface area contributed by atoms with Crippen LogP contribution in [0.25, 0.3) is 0 Å². The Bertz CT molecular complexity index is 442. The number of methoxy groups -OCH3 is 1. The summed E-state index contributed by atoms with van der Waals surface area (Å²) >= 11 is 1.47. The first-order valence-corrected chi connectivity index (χ1v) is 5.48. The monoisotopic (exact) mass is 256 g/mol. The summed E-state index contributed by atoms with van der Waals surface area (Å²) < 4.78 is 5.09. The van der Waals surface area contributed by atoms with E-state index in [1.807, 2.05) is 29.6 Å². The fourth-order valence-corrected chi connectivity index (χ4v) is 1.92. The van der Waals surface area contributed by atoms with Crippen molar-refractivity contribution in [2.45, 2.75) is 6.42 Å². The van der Waals surface area contributed by atoms with Crippen LogP contribution in [0.2, 0.25) is 0 Å². The van der Waals surface area contributed by atoms with Gasteiger partial charge in [0, 0.05) is 11.8 Å². The molecule has 0 spiro atoms. The van der Waals surface area contributed by atoms with Crippen molar-refractivity contribution in [1.29, 1.82) is 0 Å². The summed E-state index contributed by atoms with van der Waals surface area (Å²) in [6, 6.07) is 7.97. The van der Waals surface area contributed by atoms with E-state index in [0.717, 1.165) is 17.9 Å². The molecule has 16 heavy (non-hydrogen) atoms. The van der Waals surface area contributed by atoms with Crippen LogP contribution in [0.15, 0.2) is 29.6 Å². The van der Waals surface area contributed by atoms with E-state index in [1.165, 1.54) is 16.9 Å². The highest BCUT2D eigenvalue weighted by Gasteiger charge is 2.00. The number of nitrogens with two attached hydrogens (primary N) is 1. The van der Waals surface area contributed by atoms with Crippen LogP contribution < -0.4 is 10.5 Å². The Morgan fingerprint density at radius 3 is 2.50 bits per heavy atom. The topological polar surface area (TPSA) is 48.1 Å². The molecule has 0 aliphatic heterocycles. The summed E-state index contributed by atoms with van der Waals surface area (Å²) in [7, 11) is 1.66. The number of anilines is 1. The van der Waals surface area contributed by atoms with Gasteiger partial charge in [0.15, 0.2) is 5.13 Å². The Kier molecular flexibility index (Phi) is 4.58. The molecule has 0 saturated heterocycles. The van der Waals surface area contributed by atoms with Gasteiger partial charge in [-0.05, 0) is 17.7 Å². The molecule has 0 saturated carbocycles. The fourth-order valence-electron chi connectivity index (χ4n) is 1.36. The average Bonchev–Trinajstić information content (AvgIpc) is 2.65. The molecular formula is C11H13ClN2OS. The first kappa shape index (κ1) is 12.8. The first-order chi connectivity index (χ1) is 7.28. The van der Waals surface area contributed by atoms with E-state index in [-0.39, 0.29) is 12.4 Å². The van der Waals surface area contributed by atoms with E-state index in [2.05, 4.69) is 4.98 Å². The van der Waals surface area contributed by atoms with Gasteiger partial charge in [0.1, 0.15) is 5.75 Å². The zero-order valence-corrected chi connectivity index (χ0v) is 10.5. The minimum absolute atomic E-state index is 0. The Morgan fingerprint density at radius 2 is 2.00 bits per heavy atom. The Labute approximate surface area is 105 Å². The number of aromatic nitrogens is 1. The van der Waals surface area contributed by atoms with Crippen molar-refractivity contribution in [3.8, 4) is 5.75 Å². The molecule has 2 aromatic rings. The number of nitrogen functional groups attached to an aromatic ring is 1. The second kappa shape index (κ2) is 5.72. The van der Waals surface area contributed by atoms with Crippen LogP contribution in [0.3, 0.4) is 0 Å². The lowest BCUT2D eigenvalue weighted by atomic mass is 10.1. The highest BCUT2D eigenvalue weighted by molar-refractivity contribution is 7.13. The van der Waals surface area contributed by atoms with Gasteiger partial charge in [-0.25, -0.2) is 4.98 Å². The highest BCUT2D eigenvalue weighted by atomic mass is 35.5. The lowest BCUT2D eigenvalue weighted by Crippen LogP contribution is -1.90. The molecule has 0 bridgehead atoms. The molecule has 0 aliphatic rings. The molecule has 3 nitrogen and oxygen atoms in total. The Hall–Kier alpha value is -1.26. The van der Waals surface area contributed by atoms with Crippen LogP contribution in [0.1, 0.15) is 11.3 Å². The molecule has 0 radical (unpaired) electrons. The normalized spacial score (nSPS) is 9.56. The largest absolute Gasteiger partial charge is 0.497 e. The van der Waals surface area contributed by atoms with Gasteiger partial charge in [0.25, 0.3) is 0 Å². The van der Waals surface area contributed by atoms with Crippen molar-refractivity contribution in [3.05, 3.63) is 40.9 Å². The van der Waals surface area contributed by atoms with E-state index < -0.39 is 0 Å². The van der Waals surface area contributed by atoms with E-state index in [1.54, 1.807) is 7.11 Å². The number of benzene rings is 1. The van der Waals surface area contributed by atoms with Crippen molar-refractivity contribution in [2.75, 3.05) is 12.8 Å². The summed E-state index contributed by atoms with van der Waals surface area (Å²) in [6.07, 6.45) is 0.817. The number of thiazole rings is 1. The lowest BCUT2D eigenvalue weighted by molar-refractivity contribution is 0.414. The van der Waals surface area contributed by atoms with Crippen molar-refractivity contribution < 1.29 is 4.74 Å². The molecular weight excluding hydrogens is 244 g/mol. The number of hydrogen-bond donors (Lipinski definition) is 1. The predicted molar refractivity (Wildman–Crippen MR) is 69.6 cm³/mol. The number of halogens is 1. The maximum absolute atomic E-state index is 5.57. The van der Waals surface area contributed by atoms with Gasteiger partial charge in [-0.15, -0.1) is 23.7 Å². The fraction of sp³-hybridized carbons (Fsp3) is 0.182. The third-order valence-electron chi connectivity index (χ3n) is 2.11. The molecule has 1 heterocycles. The summed E-state index contributed by atoms with van der Waals surface area (Å²) in [4.78, 5) is 4.21. The van der Waals surface area contributed by atoms with Crippen molar-refractivity contribution >= 4 is 28.9 Å². The predicted octanol–water partition coefficient (Wildman–Crippen LogP) is 2.75. The summed E-state index contributed by atoms with van der Waals surface area (Å²) in [5.74, 6) is 0.872. The summed E-state index contributed by atoms with van der Waals surface area (Å²) in [6.45, 7) is 0. The van der Waals surface area contributed by atoms with Crippen LogP contribution in [-0.2, 0) is 6.42 Å². The number of rotatable bonds is 3. The molecule has 1 aromatic heterocycles. The second-order valence-corrected chi connectivity index (χ2v) is 4.09. The standard InChI is InChI=1S/C11H12N2OS.ClH/c1-14-10-4-2-8(3-5-10)6-9-7-15-11(12)13-9;/h2-5,7H,6H2,1H3,(H2,12,13);1H. The first-order valence-electron chi connectivity index (χ1n) is 4.61. The summed E-state index contributed by atoms with van der Waals surface area (Å²) in [5, 5.41) is 2.61. The molecule has 0 fully saturated rings. The maximum atomic E-state index is 5.57. The van der Waals surface area contributed by atoms with Crippen LogP contribution in [0.5, 0.6) is 5.75 Å². The molecule has 0 atom stereocenters. The molecule has 2 N–H and O–H groups in total. The second-order valence-electron chi connectivity index (χ2n) is 3.20. The van der Waals surface area contributed by atoms with Crippen molar-refractivity contribution in [3.63, 3.8) is 0 Å². The number of nitrogens with zero attached hydrogens (tertiary/aromatic N) is 1. The van der Waals surface area contributed by atoms with Crippen LogP contribution in [0, 0.1) is 0 Å². The zero-order valence-electron chi connectivity index (χ0n) is 8.84. The van der Waals surface area contributed by atoms with E-state index in [4.69, 9.17) is 10.5 Å². The lowest BCUT2D eigenvalue weighted by Gasteiger charge is -2.01. The van der Waals surface area contributed by atoms with E-state index in [9.17, 15) is 0 Å². The third-order valence-corrected chi connectivity index (χ3v) is 2.84. The molecule has 2 rings (SSSR count). The number of ether oxygens (including phenoxy) is 1. The maximum Gasteiger partial charge on any atom is 0.180 e. The average molecular weight is 257 g/mol. The van der Waals surface area contributed by atoms with E-state index in [0.29, 0.717) is 5.13 Å². The minimum Gasteiger partial charge on any atom is -0.497 e. The van der Waals surface area contributed by atoms with Crippen molar-refractivity contribution in [1.82, 2.24) is 4.98 Å². The van der Waals surface area contributed by atoms with Gasteiger partial charge in [-0.2, -0.15) is 0 Å². The molecule has 0 aliphatic carbocycles. The van der Waals surface area contributed by atoms with Gasteiger partial charge in [0.05, 0.1) is 12.8 Å². The quantitative estimate of drug-likeness (QED) is 0.919. The van der Waals surface area contributed by atoms with E-state index >= 15 is 0 Å². The van der Waals surface area contributed by atoms with Crippen LogP contribution in [-0.4, -0.2) is 12.1 Å². The number of hydrogen-bond acceptors (Lipinski definition) is 4. The molecule has 1 aromatic carbocycles. The van der Waals surface area contributed by atoms with Gasteiger partial charge in [-0.3, -0.25) is 0 Å². The molecule has 86 valence electrons. The Balaban J connectivity index is 0.00000128. The molecule has 0 amide bonds.